The van der Waals surface area contributed by atoms with Crippen LogP contribution in [0.3, 0.4) is 0 Å². The number of aromatic nitrogens is 1. The minimum absolute atomic E-state index is 0.0329. The van der Waals surface area contributed by atoms with Gasteiger partial charge >= 0.3 is 0 Å². The van der Waals surface area contributed by atoms with E-state index >= 15 is 0 Å². The maximum absolute atomic E-state index is 12.5. The lowest BCUT2D eigenvalue weighted by Gasteiger charge is -2.15. The highest BCUT2D eigenvalue weighted by atomic mass is 16.5. The van der Waals surface area contributed by atoms with Gasteiger partial charge in [-0.3, -0.25) is 14.9 Å². The van der Waals surface area contributed by atoms with E-state index < -0.39 is 12.0 Å². The van der Waals surface area contributed by atoms with E-state index in [0.717, 1.165) is 22.0 Å². The van der Waals surface area contributed by atoms with Crippen molar-refractivity contribution in [3.05, 3.63) is 71.9 Å². The normalized spacial score (nSPS) is 20.0. The van der Waals surface area contributed by atoms with Crippen molar-refractivity contribution in [2.24, 2.45) is 4.99 Å². The Bertz CT molecular complexity index is 1060. The highest BCUT2D eigenvalue weighted by Crippen LogP contribution is 2.30. The number of ether oxygens (including phenoxy) is 1. The second kappa shape index (κ2) is 7.31. The Morgan fingerprint density at radius 2 is 1.79 bits per heavy atom. The van der Waals surface area contributed by atoms with Crippen LogP contribution in [0.5, 0.6) is 0 Å². The van der Waals surface area contributed by atoms with Crippen molar-refractivity contribution in [2.75, 3.05) is 0 Å². The lowest BCUT2D eigenvalue weighted by molar-refractivity contribution is -0.124. The first kappa shape index (κ1) is 18.0. The number of rotatable bonds is 4. The molecule has 1 aliphatic heterocycles. The zero-order valence-electron chi connectivity index (χ0n) is 15.7. The van der Waals surface area contributed by atoms with Crippen molar-refractivity contribution >= 4 is 28.7 Å². The Kier molecular flexibility index (Phi) is 4.69. The molecular weight excluding hydrogens is 354 g/mol. The first-order valence-electron chi connectivity index (χ1n) is 9.25. The van der Waals surface area contributed by atoms with Crippen molar-refractivity contribution in [3.63, 3.8) is 0 Å². The van der Waals surface area contributed by atoms with Crippen LogP contribution in [0.2, 0.25) is 0 Å². The predicted octanol–water partition coefficient (Wildman–Crippen LogP) is 3.47. The molecule has 0 radical (unpaired) electrons. The van der Waals surface area contributed by atoms with Crippen molar-refractivity contribution in [1.82, 2.24) is 10.3 Å². The predicted molar refractivity (Wildman–Crippen MR) is 107 cm³/mol. The fourth-order valence-electron chi connectivity index (χ4n) is 3.48. The zero-order valence-corrected chi connectivity index (χ0v) is 15.7. The van der Waals surface area contributed by atoms with Crippen LogP contribution in [0.4, 0.5) is 0 Å². The molecule has 1 unspecified atom stereocenters. The monoisotopic (exact) mass is 375 g/mol. The number of nitrogens with one attached hydrogen (secondary N) is 2. The van der Waals surface area contributed by atoms with Gasteiger partial charge in [0, 0.05) is 23.0 Å². The number of amides is 2. The average molecular weight is 375 g/mol. The number of aliphatic imine (C=N–C) groups is 1. The second-order valence-electron chi connectivity index (χ2n) is 6.99. The number of para-hydroxylation sites is 1. The quantitative estimate of drug-likeness (QED) is 0.732. The van der Waals surface area contributed by atoms with Crippen LogP contribution >= 0.6 is 0 Å². The lowest BCUT2D eigenvalue weighted by Crippen LogP contribution is -2.28. The molecule has 2 heterocycles. The molecule has 6 heteroatoms. The standard InChI is InChI=1S/C22H21N3O3/c1-13(15-8-4-3-5-9-15)20(26)24-22-25-21(27)19(28-22)14(2)17-12-23-18-11-7-6-10-16(17)18/h3-14,19,23H,1-2H3,(H,24,25,26,27)/t13?,14-,19+/m1/s1. The third kappa shape index (κ3) is 3.29. The van der Waals surface area contributed by atoms with Gasteiger partial charge in [0.2, 0.25) is 0 Å². The van der Waals surface area contributed by atoms with Gasteiger partial charge in [-0.1, -0.05) is 55.5 Å². The van der Waals surface area contributed by atoms with Crippen molar-refractivity contribution in [3.8, 4) is 0 Å². The van der Waals surface area contributed by atoms with Crippen LogP contribution in [0.15, 0.2) is 65.8 Å². The molecule has 4 rings (SSSR count). The third-order valence-corrected chi connectivity index (χ3v) is 5.17. The summed E-state index contributed by atoms with van der Waals surface area (Å²) in [5.74, 6) is -1.27. The van der Waals surface area contributed by atoms with E-state index in [1.54, 1.807) is 6.92 Å². The number of hydrogen-bond donors (Lipinski definition) is 2. The fraction of sp³-hybridized carbons (Fsp3) is 0.227. The number of fused-ring (bicyclic) bond motifs is 1. The molecule has 2 N–H and O–H groups in total. The summed E-state index contributed by atoms with van der Waals surface area (Å²) in [6, 6.07) is 17.3. The van der Waals surface area contributed by atoms with E-state index in [1.165, 1.54) is 0 Å². The molecule has 2 aromatic carbocycles. The number of aromatic amines is 1. The van der Waals surface area contributed by atoms with Gasteiger partial charge < -0.3 is 9.72 Å². The van der Waals surface area contributed by atoms with Crippen molar-refractivity contribution in [1.29, 1.82) is 0 Å². The van der Waals surface area contributed by atoms with Crippen molar-refractivity contribution in [2.45, 2.75) is 31.8 Å². The van der Waals surface area contributed by atoms with Gasteiger partial charge in [-0.2, -0.15) is 4.99 Å². The molecule has 0 saturated carbocycles. The largest absolute Gasteiger partial charge is 0.451 e. The maximum Gasteiger partial charge on any atom is 0.300 e. The summed E-state index contributed by atoms with van der Waals surface area (Å²) in [7, 11) is 0. The summed E-state index contributed by atoms with van der Waals surface area (Å²) in [5, 5.41) is 3.64. The Labute approximate surface area is 162 Å². The van der Waals surface area contributed by atoms with Crippen molar-refractivity contribution < 1.29 is 14.3 Å². The Balaban J connectivity index is 1.52. The topological polar surface area (TPSA) is 83.5 Å². The minimum Gasteiger partial charge on any atom is -0.451 e. The van der Waals surface area contributed by atoms with Gasteiger partial charge in [0.15, 0.2) is 6.10 Å². The molecule has 1 fully saturated rings. The molecule has 1 aliphatic rings. The number of H-pyrrole nitrogens is 1. The van der Waals surface area contributed by atoms with E-state index in [9.17, 15) is 9.59 Å². The molecule has 28 heavy (non-hydrogen) atoms. The Morgan fingerprint density at radius 3 is 2.57 bits per heavy atom. The highest BCUT2D eigenvalue weighted by Gasteiger charge is 2.37. The summed E-state index contributed by atoms with van der Waals surface area (Å²) in [5.41, 5.74) is 2.86. The van der Waals surface area contributed by atoms with E-state index in [2.05, 4.69) is 15.3 Å². The molecule has 1 aromatic heterocycles. The SMILES string of the molecule is CC(C(=O)N=C1NC(=O)[C@H]([C@H](C)c2c[nH]c3ccccc23)O1)c1ccccc1. The molecular formula is C22H21N3O3. The molecule has 1 saturated heterocycles. The smallest absolute Gasteiger partial charge is 0.300 e. The van der Waals surface area contributed by atoms with Crippen LogP contribution in [0.1, 0.15) is 36.8 Å². The van der Waals surface area contributed by atoms with Gasteiger partial charge in [-0.25, -0.2) is 0 Å². The molecule has 3 atom stereocenters. The Hall–Kier alpha value is -3.41. The Morgan fingerprint density at radius 1 is 1.07 bits per heavy atom. The van der Waals surface area contributed by atoms with Gasteiger partial charge in [0.05, 0.1) is 5.92 Å². The average Bonchev–Trinajstić information content (AvgIpc) is 3.31. The highest BCUT2D eigenvalue weighted by molar-refractivity contribution is 6.06. The van der Waals surface area contributed by atoms with E-state index in [1.807, 2.05) is 67.7 Å². The van der Waals surface area contributed by atoms with Crippen LogP contribution < -0.4 is 5.32 Å². The van der Waals surface area contributed by atoms with Crippen LogP contribution in [-0.2, 0) is 14.3 Å². The van der Waals surface area contributed by atoms with Gasteiger partial charge in [0.1, 0.15) is 0 Å². The van der Waals surface area contributed by atoms with Gasteiger partial charge in [0.25, 0.3) is 17.8 Å². The number of hydrogen-bond acceptors (Lipinski definition) is 3. The molecule has 0 aliphatic carbocycles. The minimum atomic E-state index is -0.738. The number of amidine groups is 1. The number of carbonyl (C=O) groups is 2. The van der Waals surface area contributed by atoms with Gasteiger partial charge in [-0.05, 0) is 24.1 Å². The summed E-state index contributed by atoms with van der Waals surface area (Å²) >= 11 is 0. The molecule has 0 bridgehead atoms. The van der Waals surface area contributed by atoms with E-state index in [-0.39, 0.29) is 23.8 Å². The lowest BCUT2D eigenvalue weighted by atomic mass is 9.94. The molecule has 3 aromatic rings. The summed E-state index contributed by atoms with van der Waals surface area (Å²) in [4.78, 5) is 32.1. The van der Waals surface area contributed by atoms with Crippen LogP contribution in [0, 0.1) is 0 Å². The first-order chi connectivity index (χ1) is 13.5. The molecule has 0 spiro atoms. The summed E-state index contributed by atoms with van der Waals surface area (Å²) in [6.07, 6.45) is 1.15. The zero-order chi connectivity index (χ0) is 19.7. The third-order valence-electron chi connectivity index (χ3n) is 5.17. The number of nitrogens with zero attached hydrogens (tertiary/aromatic N) is 1. The second-order valence-corrected chi connectivity index (χ2v) is 6.99. The summed E-state index contributed by atoms with van der Waals surface area (Å²) < 4.78 is 5.72. The number of benzene rings is 2. The van der Waals surface area contributed by atoms with E-state index in [0.29, 0.717) is 0 Å². The maximum atomic E-state index is 12.5. The van der Waals surface area contributed by atoms with Crippen LogP contribution in [-0.4, -0.2) is 28.9 Å². The number of carbonyl (C=O) groups excluding carboxylic acids is 2. The summed E-state index contributed by atoms with van der Waals surface area (Å²) in [6.45, 7) is 3.71. The molecule has 2 amide bonds. The molecule has 142 valence electrons. The molecule has 6 nitrogen and oxygen atoms in total. The fourth-order valence-corrected chi connectivity index (χ4v) is 3.48. The first-order valence-corrected chi connectivity index (χ1v) is 9.25. The van der Waals surface area contributed by atoms with Crippen LogP contribution in [0.25, 0.3) is 10.9 Å². The van der Waals surface area contributed by atoms with E-state index in [4.69, 9.17) is 4.74 Å². The van der Waals surface area contributed by atoms with Gasteiger partial charge in [-0.15, -0.1) is 0 Å².